The van der Waals surface area contributed by atoms with Gasteiger partial charge in [-0.25, -0.2) is 21.6 Å². The number of halogens is 1. The number of rotatable bonds is 6. The maximum Gasteiger partial charge on any atom is 0.289 e. The first kappa shape index (κ1) is 17.8. The van der Waals surface area contributed by atoms with Crippen LogP contribution >= 0.6 is 11.6 Å². The Balaban J connectivity index is 3.14. The molecular weight excluding hydrogens is 344 g/mol. The molecule has 1 aromatic rings. The highest BCUT2D eigenvalue weighted by molar-refractivity contribution is 7.91. The maximum atomic E-state index is 12.1. The summed E-state index contributed by atoms with van der Waals surface area (Å²) in [6, 6.07) is 2.02. The van der Waals surface area contributed by atoms with Crippen LogP contribution in [0.2, 0.25) is 5.02 Å². The molecule has 0 heterocycles. The van der Waals surface area contributed by atoms with Crippen LogP contribution in [-0.2, 0) is 19.9 Å². The molecule has 1 N–H and O–H groups in total. The summed E-state index contributed by atoms with van der Waals surface area (Å²) in [4.78, 5) is 9.68. The third-order valence-corrected chi connectivity index (χ3v) is 5.35. The third-order valence-electron chi connectivity index (χ3n) is 2.50. The number of nitrogens with zero attached hydrogens (tertiary/aromatic N) is 1. The lowest BCUT2D eigenvalue weighted by atomic mass is 10.2. The van der Waals surface area contributed by atoms with Gasteiger partial charge in [-0.15, -0.1) is 0 Å². The van der Waals surface area contributed by atoms with Crippen LogP contribution in [0.1, 0.15) is 5.56 Å². The van der Waals surface area contributed by atoms with E-state index in [1.54, 1.807) is 0 Å². The lowest BCUT2D eigenvalue weighted by molar-refractivity contribution is -0.384. The van der Waals surface area contributed by atoms with Crippen molar-refractivity contribution in [1.29, 1.82) is 0 Å². The van der Waals surface area contributed by atoms with Gasteiger partial charge in [0.1, 0.15) is 14.9 Å². The molecule has 0 aliphatic rings. The number of nitro benzene ring substituents is 1. The van der Waals surface area contributed by atoms with Crippen LogP contribution in [-0.4, -0.2) is 40.3 Å². The second-order valence-electron chi connectivity index (χ2n) is 4.35. The molecule has 0 unspecified atom stereocenters. The van der Waals surface area contributed by atoms with Crippen molar-refractivity contribution in [3.63, 3.8) is 0 Å². The van der Waals surface area contributed by atoms with E-state index in [0.29, 0.717) is 0 Å². The van der Waals surface area contributed by atoms with Gasteiger partial charge in [0, 0.05) is 18.9 Å². The van der Waals surface area contributed by atoms with E-state index in [2.05, 4.69) is 4.72 Å². The van der Waals surface area contributed by atoms with Gasteiger partial charge in [0.2, 0.25) is 10.0 Å². The number of nitrogens with one attached hydrogen (secondary N) is 1. The highest BCUT2D eigenvalue weighted by Crippen LogP contribution is 2.29. The van der Waals surface area contributed by atoms with Crippen molar-refractivity contribution >= 4 is 37.1 Å². The molecule has 0 fully saturated rings. The van der Waals surface area contributed by atoms with Gasteiger partial charge in [-0.3, -0.25) is 10.1 Å². The van der Waals surface area contributed by atoms with Crippen LogP contribution in [0.5, 0.6) is 0 Å². The van der Waals surface area contributed by atoms with E-state index >= 15 is 0 Å². The van der Waals surface area contributed by atoms with Crippen molar-refractivity contribution in [2.45, 2.75) is 11.8 Å². The van der Waals surface area contributed by atoms with Crippen LogP contribution in [0.25, 0.3) is 0 Å². The smallest absolute Gasteiger partial charge is 0.258 e. The van der Waals surface area contributed by atoms with Crippen molar-refractivity contribution in [1.82, 2.24) is 4.72 Å². The molecule has 11 heteroatoms. The monoisotopic (exact) mass is 356 g/mol. The van der Waals surface area contributed by atoms with E-state index < -0.39 is 30.5 Å². The minimum atomic E-state index is -4.06. The van der Waals surface area contributed by atoms with E-state index in [-0.39, 0.29) is 27.8 Å². The molecule has 118 valence electrons. The zero-order valence-corrected chi connectivity index (χ0v) is 13.5. The summed E-state index contributed by atoms with van der Waals surface area (Å²) in [6.07, 6.45) is 0.972. The molecular formula is C10H13ClN2O6S2. The Hall–Kier alpha value is -1.23. The van der Waals surface area contributed by atoms with Gasteiger partial charge in [-0.2, -0.15) is 0 Å². The normalized spacial score (nSPS) is 12.3. The highest BCUT2D eigenvalue weighted by atomic mass is 35.5. The molecule has 0 spiro atoms. The molecule has 0 amide bonds. The minimum absolute atomic E-state index is 0.174. The van der Waals surface area contributed by atoms with Crippen molar-refractivity contribution < 1.29 is 21.8 Å². The van der Waals surface area contributed by atoms with Crippen LogP contribution < -0.4 is 4.72 Å². The Morgan fingerprint density at radius 2 is 1.86 bits per heavy atom. The fourth-order valence-corrected chi connectivity index (χ4v) is 3.68. The summed E-state index contributed by atoms with van der Waals surface area (Å²) < 4.78 is 48.1. The molecule has 0 aliphatic carbocycles. The Morgan fingerprint density at radius 1 is 1.29 bits per heavy atom. The molecule has 8 nitrogen and oxygen atoms in total. The molecule has 1 rings (SSSR count). The van der Waals surface area contributed by atoms with E-state index in [4.69, 9.17) is 11.6 Å². The second-order valence-corrected chi connectivity index (χ2v) is 8.76. The van der Waals surface area contributed by atoms with Crippen LogP contribution in [0.3, 0.4) is 0 Å². The molecule has 0 saturated heterocycles. The summed E-state index contributed by atoms with van der Waals surface area (Å²) in [5.41, 5.74) is -0.316. The first-order valence-electron chi connectivity index (χ1n) is 5.56. The summed E-state index contributed by atoms with van der Waals surface area (Å²) in [5, 5.41) is 10.6. The van der Waals surface area contributed by atoms with Crippen molar-refractivity contribution in [3.8, 4) is 0 Å². The molecule has 0 saturated carbocycles. The zero-order chi connectivity index (χ0) is 16.4. The SMILES string of the molecule is Cc1cc(Cl)c([N+](=O)[O-])cc1S(=O)(=O)NCCS(C)(=O)=O. The molecule has 0 radical (unpaired) electrons. The average Bonchev–Trinajstić information content (AvgIpc) is 2.25. The Kier molecular flexibility index (Phi) is 5.31. The van der Waals surface area contributed by atoms with Gasteiger partial charge >= 0.3 is 0 Å². The first-order valence-corrected chi connectivity index (χ1v) is 9.48. The second kappa shape index (κ2) is 6.26. The fraction of sp³-hybridized carbons (Fsp3) is 0.400. The van der Waals surface area contributed by atoms with Crippen LogP contribution in [0.15, 0.2) is 17.0 Å². The lowest BCUT2D eigenvalue weighted by Crippen LogP contribution is -2.29. The first-order chi connectivity index (χ1) is 9.44. The summed E-state index contributed by atoms with van der Waals surface area (Å²) in [7, 11) is -7.39. The summed E-state index contributed by atoms with van der Waals surface area (Å²) >= 11 is 5.67. The molecule has 0 atom stereocenters. The number of sulfone groups is 1. The summed E-state index contributed by atoms with van der Waals surface area (Å²) in [5.74, 6) is -0.374. The predicted octanol–water partition coefficient (Wildman–Crippen LogP) is 0.880. The van der Waals surface area contributed by atoms with E-state index in [1.807, 2.05) is 0 Å². The average molecular weight is 357 g/mol. The number of hydrogen-bond donors (Lipinski definition) is 1. The highest BCUT2D eigenvalue weighted by Gasteiger charge is 2.23. The molecule has 21 heavy (non-hydrogen) atoms. The largest absolute Gasteiger partial charge is 0.289 e. The van der Waals surface area contributed by atoms with Crippen molar-refractivity contribution in [3.05, 3.63) is 32.8 Å². The van der Waals surface area contributed by atoms with Gasteiger partial charge in [-0.05, 0) is 18.6 Å². The standard InChI is InChI=1S/C10H13ClN2O6S2/c1-7-5-8(11)9(13(14)15)6-10(7)21(18,19)12-3-4-20(2,16)17/h5-6,12H,3-4H2,1-2H3. The number of sulfonamides is 1. The summed E-state index contributed by atoms with van der Waals surface area (Å²) in [6.45, 7) is 1.11. The maximum absolute atomic E-state index is 12.1. The van der Waals surface area contributed by atoms with Crippen LogP contribution in [0, 0.1) is 17.0 Å². The van der Waals surface area contributed by atoms with Crippen molar-refractivity contribution in [2.24, 2.45) is 0 Å². The number of nitro groups is 1. The molecule has 1 aromatic carbocycles. The Bertz CT molecular complexity index is 773. The van der Waals surface area contributed by atoms with E-state index in [9.17, 15) is 26.9 Å². The number of hydrogen-bond acceptors (Lipinski definition) is 6. The predicted molar refractivity (Wildman–Crippen MR) is 77.7 cm³/mol. The third kappa shape index (κ3) is 4.92. The number of aryl methyl sites for hydroxylation is 1. The molecule has 0 bridgehead atoms. The van der Waals surface area contributed by atoms with Gasteiger partial charge in [0.05, 0.1) is 15.6 Å². The Labute approximate surface area is 127 Å². The molecule has 0 aliphatic heterocycles. The zero-order valence-electron chi connectivity index (χ0n) is 11.2. The molecule has 0 aromatic heterocycles. The topological polar surface area (TPSA) is 123 Å². The van der Waals surface area contributed by atoms with Gasteiger partial charge in [-0.1, -0.05) is 11.6 Å². The van der Waals surface area contributed by atoms with Crippen LogP contribution in [0.4, 0.5) is 5.69 Å². The van der Waals surface area contributed by atoms with Crippen molar-refractivity contribution in [2.75, 3.05) is 18.6 Å². The fourth-order valence-electron chi connectivity index (χ4n) is 1.51. The van der Waals surface area contributed by atoms with Gasteiger partial charge in [0.15, 0.2) is 0 Å². The van der Waals surface area contributed by atoms with E-state index in [0.717, 1.165) is 12.3 Å². The van der Waals surface area contributed by atoms with Gasteiger partial charge < -0.3 is 0 Å². The van der Waals surface area contributed by atoms with Gasteiger partial charge in [0.25, 0.3) is 5.69 Å². The lowest BCUT2D eigenvalue weighted by Gasteiger charge is -2.09. The quantitative estimate of drug-likeness (QED) is 0.596. The number of benzene rings is 1. The minimum Gasteiger partial charge on any atom is -0.258 e. The Morgan fingerprint density at radius 3 is 2.33 bits per heavy atom. The van der Waals surface area contributed by atoms with E-state index in [1.165, 1.54) is 13.0 Å².